The molecule has 0 saturated carbocycles. The van der Waals surface area contributed by atoms with Crippen LogP contribution < -0.4 is 24.8 Å². The van der Waals surface area contributed by atoms with E-state index >= 15 is 0 Å². The van der Waals surface area contributed by atoms with E-state index in [2.05, 4.69) is 16.9 Å². The number of hydrogen-bond donors (Lipinski definition) is 2. The minimum atomic E-state index is 0.478. The molecule has 0 radical (unpaired) electrons. The van der Waals surface area contributed by atoms with Gasteiger partial charge in [-0.3, -0.25) is 0 Å². The highest BCUT2D eigenvalue weighted by Crippen LogP contribution is 2.38. The summed E-state index contributed by atoms with van der Waals surface area (Å²) in [5.74, 6) is 4.52. The lowest BCUT2D eigenvalue weighted by molar-refractivity contribution is 0.324. The summed E-state index contributed by atoms with van der Waals surface area (Å²) in [5.41, 5.74) is 0.964. The first-order valence-electron chi connectivity index (χ1n) is 9.04. The molecule has 0 unspecified atom stereocenters. The molecule has 0 bridgehead atoms. The summed E-state index contributed by atoms with van der Waals surface area (Å²) in [5, 5.41) is 6.70. The summed E-state index contributed by atoms with van der Waals surface area (Å²) in [4.78, 5) is 4.69. The number of nitrogens with one attached hydrogen (secondary N) is 2. The molecule has 28 heavy (non-hydrogen) atoms. The highest BCUT2D eigenvalue weighted by atomic mass is 32.2. The molecule has 2 N–H and O–H groups in total. The van der Waals surface area contributed by atoms with E-state index < -0.39 is 0 Å². The molecule has 1 heterocycles. The van der Waals surface area contributed by atoms with E-state index in [1.165, 1.54) is 0 Å². The number of hydrogen-bond acceptors (Lipinski definition) is 6. The third-order valence-corrected chi connectivity index (χ3v) is 4.60. The van der Waals surface area contributed by atoms with Gasteiger partial charge in [0.05, 0.1) is 34.1 Å². The summed E-state index contributed by atoms with van der Waals surface area (Å²) in [6.45, 7) is 2.04. The van der Waals surface area contributed by atoms with E-state index in [0.717, 1.165) is 42.5 Å². The molecule has 2 rings (SSSR count). The van der Waals surface area contributed by atoms with Crippen molar-refractivity contribution >= 4 is 17.7 Å². The van der Waals surface area contributed by atoms with Crippen LogP contribution in [0.15, 0.2) is 39.9 Å². The second-order valence-corrected chi connectivity index (χ2v) is 6.86. The van der Waals surface area contributed by atoms with Gasteiger partial charge in [0.15, 0.2) is 17.5 Å². The zero-order valence-corrected chi connectivity index (χ0v) is 17.7. The number of thioether (sulfide) groups is 1. The molecule has 0 amide bonds. The Morgan fingerprint density at radius 2 is 1.79 bits per heavy atom. The number of aliphatic imine (C=N–C) groups is 1. The minimum Gasteiger partial charge on any atom is -0.493 e. The summed E-state index contributed by atoms with van der Waals surface area (Å²) >= 11 is 1.79. The normalized spacial score (nSPS) is 11.2. The predicted octanol–water partition coefficient (Wildman–Crippen LogP) is 2.95. The quantitative estimate of drug-likeness (QED) is 0.337. The smallest absolute Gasteiger partial charge is 0.203 e. The SMILES string of the molecule is COc1cc(CN=C(NCCSC)NCCc2ccco2)cc(OC)c1OC. The average molecular weight is 408 g/mol. The highest BCUT2D eigenvalue weighted by Gasteiger charge is 2.13. The van der Waals surface area contributed by atoms with Gasteiger partial charge >= 0.3 is 0 Å². The molecule has 0 atom stereocenters. The lowest BCUT2D eigenvalue weighted by Crippen LogP contribution is -2.39. The minimum absolute atomic E-state index is 0.478. The van der Waals surface area contributed by atoms with Crippen LogP contribution in [0.1, 0.15) is 11.3 Å². The van der Waals surface area contributed by atoms with Crippen LogP contribution in [0.25, 0.3) is 0 Å². The number of methoxy groups -OCH3 is 3. The molecule has 1 aromatic heterocycles. The van der Waals surface area contributed by atoms with Gasteiger partial charge in [-0.25, -0.2) is 4.99 Å². The van der Waals surface area contributed by atoms with Crippen molar-refractivity contribution in [3.63, 3.8) is 0 Å². The fourth-order valence-electron chi connectivity index (χ4n) is 2.60. The Morgan fingerprint density at radius 3 is 2.36 bits per heavy atom. The first kappa shape index (κ1) is 21.8. The molecule has 0 aliphatic rings. The average Bonchev–Trinajstić information content (AvgIpc) is 3.24. The van der Waals surface area contributed by atoms with Crippen LogP contribution in [0, 0.1) is 0 Å². The zero-order valence-electron chi connectivity index (χ0n) is 16.9. The van der Waals surface area contributed by atoms with Gasteiger partial charge < -0.3 is 29.3 Å². The van der Waals surface area contributed by atoms with Crippen molar-refractivity contribution in [3.05, 3.63) is 41.9 Å². The largest absolute Gasteiger partial charge is 0.493 e. The number of rotatable bonds is 11. The second kappa shape index (κ2) is 12.1. The van der Waals surface area contributed by atoms with Crippen LogP contribution in [0.5, 0.6) is 17.2 Å². The van der Waals surface area contributed by atoms with Gasteiger partial charge in [-0.05, 0) is 36.1 Å². The summed E-state index contributed by atoms with van der Waals surface area (Å²) in [6, 6.07) is 7.68. The number of benzene rings is 1. The van der Waals surface area contributed by atoms with Crippen molar-refractivity contribution in [2.24, 2.45) is 4.99 Å². The maximum Gasteiger partial charge on any atom is 0.203 e. The van der Waals surface area contributed by atoms with Gasteiger partial charge in [-0.1, -0.05) is 0 Å². The monoisotopic (exact) mass is 407 g/mol. The van der Waals surface area contributed by atoms with Crippen LogP contribution >= 0.6 is 11.8 Å². The van der Waals surface area contributed by atoms with E-state index in [1.54, 1.807) is 39.4 Å². The molecule has 7 nitrogen and oxygen atoms in total. The second-order valence-electron chi connectivity index (χ2n) is 5.87. The van der Waals surface area contributed by atoms with Crippen molar-refractivity contribution in [1.82, 2.24) is 10.6 Å². The number of nitrogens with zero attached hydrogens (tertiary/aromatic N) is 1. The first-order valence-corrected chi connectivity index (χ1v) is 10.4. The van der Waals surface area contributed by atoms with Gasteiger partial charge in [0.2, 0.25) is 5.75 Å². The standard InChI is InChI=1S/C20H29N3O4S/c1-24-17-12-15(13-18(25-2)19(17)26-3)14-23-20(22-9-11-28-4)21-8-7-16-6-5-10-27-16/h5-6,10,12-13H,7-9,11,14H2,1-4H3,(H2,21,22,23). The van der Waals surface area contributed by atoms with Gasteiger partial charge in [0, 0.05) is 25.3 Å². The van der Waals surface area contributed by atoms with Crippen LogP contribution in [-0.2, 0) is 13.0 Å². The van der Waals surface area contributed by atoms with Crippen molar-refractivity contribution in [1.29, 1.82) is 0 Å². The predicted molar refractivity (Wildman–Crippen MR) is 114 cm³/mol. The van der Waals surface area contributed by atoms with E-state index in [-0.39, 0.29) is 0 Å². The first-order chi connectivity index (χ1) is 13.7. The lowest BCUT2D eigenvalue weighted by atomic mass is 10.2. The van der Waals surface area contributed by atoms with Crippen molar-refractivity contribution < 1.29 is 18.6 Å². The van der Waals surface area contributed by atoms with E-state index in [0.29, 0.717) is 23.8 Å². The molecule has 0 aliphatic heterocycles. The number of ether oxygens (including phenoxy) is 3. The van der Waals surface area contributed by atoms with Gasteiger partial charge in [-0.2, -0.15) is 11.8 Å². The third-order valence-electron chi connectivity index (χ3n) is 3.99. The lowest BCUT2D eigenvalue weighted by Gasteiger charge is -2.14. The van der Waals surface area contributed by atoms with Crippen molar-refractivity contribution in [2.45, 2.75) is 13.0 Å². The van der Waals surface area contributed by atoms with Crippen molar-refractivity contribution in [3.8, 4) is 17.2 Å². The van der Waals surface area contributed by atoms with Crippen LogP contribution in [-0.4, -0.2) is 52.4 Å². The maximum atomic E-state index is 5.41. The molecule has 0 spiro atoms. The number of guanidine groups is 1. The third kappa shape index (κ3) is 6.60. The molecule has 0 fully saturated rings. The van der Waals surface area contributed by atoms with Gasteiger partial charge in [0.25, 0.3) is 0 Å². The molecular formula is C20H29N3O4S. The van der Waals surface area contributed by atoms with E-state index in [1.807, 2.05) is 24.3 Å². The molecule has 0 saturated heterocycles. The fourth-order valence-corrected chi connectivity index (χ4v) is 2.91. The molecule has 0 aliphatic carbocycles. The van der Waals surface area contributed by atoms with Crippen LogP contribution in [0.2, 0.25) is 0 Å². The summed E-state index contributed by atoms with van der Waals surface area (Å²) < 4.78 is 21.6. The number of furan rings is 1. The Kier molecular flexibility index (Phi) is 9.41. The zero-order chi connectivity index (χ0) is 20.2. The molecule has 1 aromatic carbocycles. The Hall–Kier alpha value is -2.48. The molecule has 154 valence electrons. The fraction of sp³-hybridized carbons (Fsp3) is 0.450. The van der Waals surface area contributed by atoms with E-state index in [4.69, 9.17) is 23.6 Å². The Bertz CT molecular complexity index is 710. The molecule has 8 heteroatoms. The maximum absolute atomic E-state index is 5.41. The van der Waals surface area contributed by atoms with E-state index in [9.17, 15) is 0 Å². The van der Waals surface area contributed by atoms with Gasteiger partial charge in [-0.15, -0.1) is 0 Å². The Labute approximate surface area is 170 Å². The van der Waals surface area contributed by atoms with Crippen molar-refractivity contribution in [2.75, 3.05) is 46.4 Å². The van der Waals surface area contributed by atoms with Crippen LogP contribution in [0.4, 0.5) is 0 Å². The van der Waals surface area contributed by atoms with Crippen LogP contribution in [0.3, 0.4) is 0 Å². The van der Waals surface area contributed by atoms with Gasteiger partial charge in [0.1, 0.15) is 5.76 Å². The topological polar surface area (TPSA) is 77.2 Å². The summed E-state index contributed by atoms with van der Waals surface area (Å²) in [6.07, 6.45) is 4.56. The summed E-state index contributed by atoms with van der Waals surface area (Å²) in [7, 11) is 4.81. The highest BCUT2D eigenvalue weighted by molar-refractivity contribution is 7.98. The Morgan fingerprint density at radius 1 is 1.07 bits per heavy atom. The molecule has 2 aromatic rings. The Balaban J connectivity index is 2.06. The molecular weight excluding hydrogens is 378 g/mol.